The summed E-state index contributed by atoms with van der Waals surface area (Å²) in [5.41, 5.74) is 3.38. The third-order valence-electron chi connectivity index (χ3n) is 3.14. The molecule has 0 amide bonds. The number of hydrogen-bond donors (Lipinski definition) is 0. The highest BCUT2D eigenvalue weighted by atomic mass is 35.5. The van der Waals surface area contributed by atoms with E-state index in [9.17, 15) is 0 Å². The fraction of sp³-hybridized carbons (Fsp3) is 0.133. The maximum atomic E-state index is 5.99. The number of benzene rings is 2. The number of rotatable bonds is 2. The van der Waals surface area contributed by atoms with Gasteiger partial charge in [-0.3, -0.25) is 4.68 Å². The highest BCUT2D eigenvalue weighted by Crippen LogP contribution is 2.22. The van der Waals surface area contributed by atoms with Gasteiger partial charge in [-0.05, 0) is 30.7 Å². The van der Waals surface area contributed by atoms with Crippen LogP contribution in [-0.2, 0) is 6.54 Å². The standard InChI is InChI=1S/C15H13ClN2/c1-11-14-8-7-13(16)9-15(14)17-18(11)10-12-5-3-2-4-6-12/h2-9H,10H2,1H3. The second-order valence-corrected chi connectivity index (χ2v) is 4.83. The van der Waals surface area contributed by atoms with Crippen LogP contribution in [0.25, 0.3) is 10.9 Å². The van der Waals surface area contributed by atoms with Gasteiger partial charge in [-0.25, -0.2) is 0 Å². The maximum Gasteiger partial charge on any atom is 0.0941 e. The van der Waals surface area contributed by atoms with Crippen molar-refractivity contribution in [2.24, 2.45) is 0 Å². The Morgan fingerprint density at radius 2 is 1.89 bits per heavy atom. The van der Waals surface area contributed by atoms with E-state index in [0.29, 0.717) is 0 Å². The van der Waals surface area contributed by atoms with Gasteiger partial charge >= 0.3 is 0 Å². The Hall–Kier alpha value is -1.80. The highest BCUT2D eigenvalue weighted by molar-refractivity contribution is 6.31. The zero-order valence-electron chi connectivity index (χ0n) is 10.1. The van der Waals surface area contributed by atoms with Crippen LogP contribution in [0.3, 0.4) is 0 Å². The van der Waals surface area contributed by atoms with Crippen LogP contribution in [0.1, 0.15) is 11.3 Å². The van der Waals surface area contributed by atoms with Gasteiger partial charge in [0.05, 0.1) is 12.1 Å². The summed E-state index contributed by atoms with van der Waals surface area (Å²) in [5, 5.41) is 6.49. The molecule has 0 aliphatic heterocycles. The molecule has 18 heavy (non-hydrogen) atoms. The van der Waals surface area contributed by atoms with Gasteiger partial charge in [-0.15, -0.1) is 0 Å². The van der Waals surface area contributed by atoms with E-state index in [-0.39, 0.29) is 0 Å². The molecule has 0 unspecified atom stereocenters. The van der Waals surface area contributed by atoms with Crippen molar-refractivity contribution in [3.05, 3.63) is 64.8 Å². The Bertz CT molecular complexity index is 686. The van der Waals surface area contributed by atoms with Crippen LogP contribution in [0.5, 0.6) is 0 Å². The molecule has 2 aromatic carbocycles. The van der Waals surface area contributed by atoms with E-state index in [1.165, 1.54) is 11.3 Å². The van der Waals surface area contributed by atoms with Crippen molar-refractivity contribution < 1.29 is 0 Å². The van der Waals surface area contributed by atoms with Crippen LogP contribution in [-0.4, -0.2) is 9.78 Å². The highest BCUT2D eigenvalue weighted by Gasteiger charge is 2.07. The summed E-state index contributed by atoms with van der Waals surface area (Å²) in [6.07, 6.45) is 0. The molecule has 0 saturated heterocycles. The molecular weight excluding hydrogens is 244 g/mol. The second-order valence-electron chi connectivity index (χ2n) is 4.39. The maximum absolute atomic E-state index is 5.99. The number of nitrogens with zero attached hydrogens (tertiary/aromatic N) is 2. The van der Waals surface area contributed by atoms with Crippen LogP contribution in [0.15, 0.2) is 48.5 Å². The summed E-state index contributed by atoms with van der Waals surface area (Å²) in [6, 6.07) is 16.2. The van der Waals surface area contributed by atoms with Gasteiger partial charge in [0.1, 0.15) is 0 Å². The molecule has 3 rings (SSSR count). The molecule has 0 N–H and O–H groups in total. The van der Waals surface area contributed by atoms with E-state index in [0.717, 1.165) is 22.5 Å². The van der Waals surface area contributed by atoms with E-state index in [4.69, 9.17) is 11.6 Å². The van der Waals surface area contributed by atoms with Crippen LogP contribution in [0, 0.1) is 6.92 Å². The third-order valence-corrected chi connectivity index (χ3v) is 3.38. The first-order chi connectivity index (χ1) is 8.74. The number of fused-ring (bicyclic) bond motifs is 1. The first-order valence-electron chi connectivity index (χ1n) is 5.90. The molecule has 0 radical (unpaired) electrons. The first-order valence-corrected chi connectivity index (χ1v) is 6.28. The lowest BCUT2D eigenvalue weighted by molar-refractivity contribution is 0.673. The average molecular weight is 257 g/mol. The normalized spacial score (nSPS) is 11.0. The molecule has 90 valence electrons. The molecule has 3 heteroatoms. The van der Waals surface area contributed by atoms with Crippen LogP contribution >= 0.6 is 11.6 Å². The monoisotopic (exact) mass is 256 g/mol. The van der Waals surface area contributed by atoms with Gasteiger partial charge < -0.3 is 0 Å². The number of halogens is 1. The predicted octanol–water partition coefficient (Wildman–Crippen LogP) is 4.05. The molecule has 0 aliphatic rings. The summed E-state index contributed by atoms with van der Waals surface area (Å²) in [4.78, 5) is 0. The van der Waals surface area contributed by atoms with Gasteiger partial charge in [-0.2, -0.15) is 5.10 Å². The van der Waals surface area contributed by atoms with Crippen molar-refractivity contribution in [3.63, 3.8) is 0 Å². The Kier molecular flexibility index (Phi) is 2.80. The minimum atomic E-state index is 0.729. The fourth-order valence-electron chi connectivity index (χ4n) is 2.15. The summed E-state index contributed by atoms with van der Waals surface area (Å²) in [6.45, 7) is 2.88. The van der Waals surface area contributed by atoms with Crippen molar-refractivity contribution in [2.45, 2.75) is 13.5 Å². The number of aryl methyl sites for hydroxylation is 1. The molecule has 0 saturated carbocycles. The van der Waals surface area contributed by atoms with Crippen LogP contribution in [0.4, 0.5) is 0 Å². The Balaban J connectivity index is 2.05. The lowest BCUT2D eigenvalue weighted by atomic mass is 10.2. The van der Waals surface area contributed by atoms with Crippen molar-refractivity contribution >= 4 is 22.5 Å². The molecule has 0 bridgehead atoms. The number of aromatic nitrogens is 2. The fourth-order valence-corrected chi connectivity index (χ4v) is 2.31. The SMILES string of the molecule is Cc1c2ccc(Cl)cc2nn1Cc1ccccc1. The minimum Gasteiger partial charge on any atom is -0.264 e. The molecule has 3 aromatic rings. The van der Waals surface area contributed by atoms with Gasteiger partial charge in [-0.1, -0.05) is 41.9 Å². The van der Waals surface area contributed by atoms with Crippen molar-refractivity contribution in [1.82, 2.24) is 9.78 Å². The van der Waals surface area contributed by atoms with E-state index in [1.54, 1.807) is 0 Å². The predicted molar refractivity (Wildman–Crippen MR) is 75.0 cm³/mol. The first kappa shape index (κ1) is 11.3. The van der Waals surface area contributed by atoms with Crippen molar-refractivity contribution in [1.29, 1.82) is 0 Å². The van der Waals surface area contributed by atoms with Crippen molar-refractivity contribution in [3.8, 4) is 0 Å². The van der Waals surface area contributed by atoms with Crippen LogP contribution in [0.2, 0.25) is 5.02 Å². The van der Waals surface area contributed by atoms with E-state index in [1.807, 2.05) is 41.1 Å². The largest absolute Gasteiger partial charge is 0.264 e. The van der Waals surface area contributed by atoms with Crippen molar-refractivity contribution in [2.75, 3.05) is 0 Å². The molecule has 1 aromatic heterocycles. The molecule has 1 heterocycles. The minimum absolute atomic E-state index is 0.729. The van der Waals surface area contributed by atoms with E-state index < -0.39 is 0 Å². The van der Waals surface area contributed by atoms with E-state index >= 15 is 0 Å². The Labute approximate surface area is 111 Å². The summed E-state index contributed by atoms with van der Waals surface area (Å²) >= 11 is 5.99. The molecule has 0 fully saturated rings. The lowest BCUT2D eigenvalue weighted by Crippen LogP contribution is -2.03. The zero-order valence-corrected chi connectivity index (χ0v) is 10.9. The summed E-state index contributed by atoms with van der Waals surface area (Å²) in [5.74, 6) is 0. The van der Waals surface area contributed by atoms with E-state index in [2.05, 4.69) is 24.2 Å². The third kappa shape index (κ3) is 2.00. The zero-order chi connectivity index (χ0) is 12.5. The molecule has 0 aliphatic carbocycles. The summed E-state index contributed by atoms with van der Waals surface area (Å²) in [7, 11) is 0. The van der Waals surface area contributed by atoms with Gasteiger partial charge in [0.25, 0.3) is 0 Å². The number of hydrogen-bond acceptors (Lipinski definition) is 1. The second kappa shape index (κ2) is 4.46. The molecule has 0 atom stereocenters. The smallest absolute Gasteiger partial charge is 0.0941 e. The van der Waals surface area contributed by atoms with Crippen LogP contribution < -0.4 is 0 Å². The Morgan fingerprint density at radius 3 is 2.67 bits per heavy atom. The lowest BCUT2D eigenvalue weighted by Gasteiger charge is -2.03. The topological polar surface area (TPSA) is 17.8 Å². The molecular formula is C15H13ClN2. The van der Waals surface area contributed by atoms with Gasteiger partial charge in [0.2, 0.25) is 0 Å². The average Bonchev–Trinajstić information content (AvgIpc) is 2.67. The molecule has 0 spiro atoms. The van der Waals surface area contributed by atoms with Gasteiger partial charge in [0, 0.05) is 16.1 Å². The Morgan fingerprint density at radius 1 is 1.11 bits per heavy atom. The quantitative estimate of drug-likeness (QED) is 0.676. The summed E-state index contributed by atoms with van der Waals surface area (Å²) < 4.78 is 2.02. The van der Waals surface area contributed by atoms with Gasteiger partial charge in [0.15, 0.2) is 0 Å². The molecule has 2 nitrogen and oxygen atoms in total.